The summed E-state index contributed by atoms with van der Waals surface area (Å²) in [6.45, 7) is 9.80. The third kappa shape index (κ3) is 9.05. The second kappa shape index (κ2) is 17.3. The van der Waals surface area contributed by atoms with Gasteiger partial charge in [-0.25, -0.2) is 14.7 Å². The topological polar surface area (TPSA) is 182 Å². The van der Waals surface area contributed by atoms with Crippen LogP contribution in [0.3, 0.4) is 0 Å². The van der Waals surface area contributed by atoms with Crippen LogP contribution in [-0.4, -0.2) is 77.1 Å². The molecule has 9 rings (SSSR count). The van der Waals surface area contributed by atoms with Crippen molar-refractivity contribution in [2.75, 3.05) is 36.4 Å². The molecular weight excluding hydrogens is 817 g/mol. The van der Waals surface area contributed by atoms with Crippen molar-refractivity contribution in [2.24, 2.45) is 16.5 Å². The van der Waals surface area contributed by atoms with Crippen LogP contribution in [0.4, 0.5) is 17.2 Å². The molecule has 4 fully saturated rings. The van der Waals surface area contributed by atoms with Gasteiger partial charge in [-0.15, -0.1) is 4.91 Å². The van der Waals surface area contributed by atoms with Gasteiger partial charge < -0.3 is 25.0 Å². The van der Waals surface area contributed by atoms with Crippen LogP contribution in [-0.2, 0) is 10.0 Å². The quantitative estimate of drug-likeness (QED) is 0.0828. The highest BCUT2D eigenvalue weighted by Crippen LogP contribution is 2.54. The highest BCUT2D eigenvalue weighted by atomic mass is 32.2. The molecule has 332 valence electrons. The van der Waals surface area contributed by atoms with Crippen molar-refractivity contribution in [3.63, 3.8) is 0 Å². The Morgan fingerprint density at radius 1 is 1.00 bits per heavy atom. The summed E-state index contributed by atoms with van der Waals surface area (Å²) in [6.07, 6.45) is 13.3. The number of aromatic nitrogens is 3. The fourth-order valence-electron chi connectivity index (χ4n) is 10.6. The monoisotopic (exact) mass is 874 g/mol. The molecule has 2 aromatic carbocycles. The number of H-pyrrole nitrogens is 1. The van der Waals surface area contributed by atoms with Gasteiger partial charge in [-0.2, -0.15) is 8.42 Å². The van der Waals surface area contributed by atoms with E-state index < -0.39 is 26.6 Å². The lowest BCUT2D eigenvalue weighted by Crippen LogP contribution is -2.54. The van der Waals surface area contributed by atoms with Crippen molar-refractivity contribution >= 4 is 44.2 Å². The molecule has 4 aliphatic rings. The first-order valence-electron chi connectivity index (χ1n) is 22.5. The van der Waals surface area contributed by atoms with Crippen LogP contribution in [0.15, 0.2) is 89.3 Å². The first-order chi connectivity index (χ1) is 30.3. The largest absolute Gasteiger partial charge is 0.455 e. The van der Waals surface area contributed by atoms with Crippen LogP contribution < -0.4 is 19.7 Å². The van der Waals surface area contributed by atoms with Crippen molar-refractivity contribution < 1.29 is 23.1 Å². The number of carbonyl (C=O) groups is 1. The summed E-state index contributed by atoms with van der Waals surface area (Å²) in [5.41, 5.74) is 4.47. The van der Waals surface area contributed by atoms with Crippen LogP contribution in [0.2, 0.25) is 0 Å². The van der Waals surface area contributed by atoms with Gasteiger partial charge in [-0.1, -0.05) is 38.1 Å². The molecule has 3 aromatic heterocycles. The van der Waals surface area contributed by atoms with Crippen molar-refractivity contribution in [3.8, 4) is 11.5 Å². The van der Waals surface area contributed by atoms with Crippen LogP contribution in [0.5, 0.6) is 11.5 Å². The van der Waals surface area contributed by atoms with E-state index >= 15 is 0 Å². The Bertz CT molecular complexity index is 2590. The number of nitrogens with zero attached hydrogens (tertiary/aromatic N) is 5. The van der Waals surface area contributed by atoms with Gasteiger partial charge in [0.1, 0.15) is 17.1 Å². The van der Waals surface area contributed by atoms with Gasteiger partial charge in [0.2, 0.25) is 5.82 Å². The van der Waals surface area contributed by atoms with Crippen LogP contribution in [0.25, 0.3) is 11.0 Å². The average Bonchev–Trinajstić information content (AvgIpc) is 3.95. The summed E-state index contributed by atoms with van der Waals surface area (Å²) < 4.78 is 35.8. The number of benzene rings is 2. The van der Waals surface area contributed by atoms with Crippen LogP contribution in [0.1, 0.15) is 118 Å². The van der Waals surface area contributed by atoms with Gasteiger partial charge >= 0.3 is 0 Å². The molecule has 2 saturated carbocycles. The van der Waals surface area contributed by atoms with E-state index in [1.165, 1.54) is 48.9 Å². The average molecular weight is 875 g/mol. The Kier molecular flexibility index (Phi) is 11.8. The molecule has 4 N–H and O–H groups in total. The number of hydrogen-bond donors (Lipinski definition) is 4. The number of nitrogens with one attached hydrogen (secondary N) is 3. The number of pyridine rings is 2. The number of aromatic amines is 1. The molecule has 63 heavy (non-hydrogen) atoms. The molecule has 2 saturated heterocycles. The molecule has 14 nitrogen and oxygen atoms in total. The first kappa shape index (κ1) is 42.9. The number of sulfonamides is 1. The zero-order valence-corrected chi connectivity index (χ0v) is 37.2. The van der Waals surface area contributed by atoms with E-state index in [0.29, 0.717) is 54.2 Å². The zero-order valence-electron chi connectivity index (χ0n) is 36.3. The van der Waals surface area contributed by atoms with Gasteiger partial charge in [0.25, 0.3) is 15.9 Å². The van der Waals surface area contributed by atoms with Gasteiger partial charge in [0.15, 0.2) is 5.03 Å². The molecule has 2 aliphatic carbocycles. The summed E-state index contributed by atoms with van der Waals surface area (Å²) in [6, 6.07) is 21.7. The number of nitroso groups, excluding NO2 is 1. The molecule has 15 heteroatoms. The Morgan fingerprint density at radius 2 is 1.78 bits per heavy atom. The highest BCUT2D eigenvalue weighted by Gasteiger charge is 2.50. The smallest absolute Gasteiger partial charge is 0.281 e. The maximum atomic E-state index is 13.9. The number of rotatable bonds is 13. The lowest BCUT2D eigenvalue weighted by atomic mass is 9.59. The number of aliphatic hydroxyl groups is 1. The second-order valence-electron chi connectivity index (χ2n) is 19.0. The van der Waals surface area contributed by atoms with Gasteiger partial charge in [0.05, 0.1) is 23.0 Å². The highest BCUT2D eigenvalue weighted by molar-refractivity contribution is 7.90. The standard InChI is InChI=1S/C48H58N8O6S/c1-31(2)37-7-4-5-8-38(37)41-9-6-22-56(41)35-27-48(28-35)19-23-55(24-20-48)34-10-11-39(42(26-34)62-36-25-33-16-21-49-44(33)51-30-36)46(57)54-63(60,61)43-13-12-40(45(52-43)53-59)50-29-32-14-17-47(3,58)18-15-32/h4-5,7-8,10-13,16,21,25-26,30-32,35,41,50,58H,6,9,14-15,17-20,22-24,27-29H2,1-3H3,(H,49,51)(H,54,57)/t32?,41-,47?/m1/s1. The minimum atomic E-state index is -4.54. The van der Waals surface area contributed by atoms with E-state index in [4.69, 9.17) is 4.74 Å². The second-order valence-corrected chi connectivity index (χ2v) is 20.6. The molecule has 0 radical (unpaired) electrons. The Labute approximate surface area is 369 Å². The minimum Gasteiger partial charge on any atom is -0.455 e. The molecule has 2 aliphatic heterocycles. The normalized spacial score (nSPS) is 22.9. The molecule has 5 aromatic rings. The van der Waals surface area contributed by atoms with Crippen LogP contribution >= 0.6 is 0 Å². The predicted molar refractivity (Wildman–Crippen MR) is 244 cm³/mol. The Hall–Kier alpha value is -5.38. The van der Waals surface area contributed by atoms with E-state index in [1.54, 1.807) is 30.6 Å². The molecule has 1 atom stereocenters. The Balaban J connectivity index is 0.887. The fraction of sp³-hybridized carbons (Fsp3) is 0.479. The number of hydrogen-bond acceptors (Lipinski definition) is 12. The summed E-state index contributed by atoms with van der Waals surface area (Å²) in [7, 11) is -4.54. The number of likely N-dealkylation sites (tertiary alicyclic amines) is 1. The van der Waals surface area contributed by atoms with Crippen molar-refractivity contribution in [3.05, 3.63) is 101 Å². The number of anilines is 2. The third-order valence-electron chi connectivity index (χ3n) is 14.3. The SMILES string of the molecule is CC(C)c1ccccc1[C@H]1CCCN1C1CC2(CCN(c3ccc(C(=O)NS(=O)(=O)c4ccc(NCC5CCC(C)(O)CC5)c(N=O)n4)c(Oc4cnc5[nH]ccc5c4)c3)CC2)C1. The number of piperidine rings is 1. The van der Waals surface area contributed by atoms with Gasteiger partial charge in [-0.05, 0) is 148 Å². The molecule has 0 unspecified atom stereocenters. The number of amides is 1. The molecular formula is C48H58N8O6S. The number of fused-ring (bicyclic) bond motifs is 1. The molecule has 1 spiro atoms. The van der Waals surface area contributed by atoms with Gasteiger partial charge in [0, 0.05) is 55.1 Å². The maximum absolute atomic E-state index is 13.9. The number of ether oxygens (including phenoxy) is 1. The fourth-order valence-corrected chi connectivity index (χ4v) is 11.5. The first-order valence-corrected chi connectivity index (χ1v) is 24.0. The van der Waals surface area contributed by atoms with E-state index in [9.17, 15) is 23.2 Å². The molecule has 5 heterocycles. The maximum Gasteiger partial charge on any atom is 0.281 e. The van der Waals surface area contributed by atoms with Crippen molar-refractivity contribution in [2.45, 2.75) is 114 Å². The summed E-state index contributed by atoms with van der Waals surface area (Å²) in [4.78, 5) is 42.4. The van der Waals surface area contributed by atoms with Crippen molar-refractivity contribution in [1.82, 2.24) is 24.6 Å². The van der Waals surface area contributed by atoms with E-state index in [0.717, 1.165) is 56.4 Å². The molecule has 1 amide bonds. The predicted octanol–water partition coefficient (Wildman–Crippen LogP) is 9.33. The lowest BCUT2D eigenvalue weighted by molar-refractivity contribution is -0.0227. The molecule has 0 bridgehead atoms. The van der Waals surface area contributed by atoms with Crippen LogP contribution in [0, 0.1) is 16.2 Å². The Morgan fingerprint density at radius 3 is 2.54 bits per heavy atom. The number of carbonyl (C=O) groups excluding carboxylic acids is 1. The lowest BCUT2D eigenvalue weighted by Gasteiger charge is -2.56. The summed E-state index contributed by atoms with van der Waals surface area (Å²) in [5, 5.41) is 16.7. The van der Waals surface area contributed by atoms with E-state index in [2.05, 4.69) is 78.1 Å². The van der Waals surface area contributed by atoms with Crippen molar-refractivity contribution in [1.29, 1.82) is 0 Å². The summed E-state index contributed by atoms with van der Waals surface area (Å²) in [5.74, 6) is 0.0806. The third-order valence-corrected chi connectivity index (χ3v) is 15.5. The minimum absolute atomic E-state index is 0.00416. The zero-order chi connectivity index (χ0) is 43.9. The van der Waals surface area contributed by atoms with E-state index in [1.807, 2.05) is 19.1 Å². The van der Waals surface area contributed by atoms with Gasteiger partial charge in [-0.3, -0.25) is 9.69 Å². The summed E-state index contributed by atoms with van der Waals surface area (Å²) >= 11 is 0. The van der Waals surface area contributed by atoms with E-state index in [-0.39, 0.29) is 28.7 Å².